The van der Waals surface area contributed by atoms with Gasteiger partial charge in [-0.15, -0.1) is 0 Å². The van der Waals surface area contributed by atoms with Gasteiger partial charge in [0.15, 0.2) is 5.57 Å². The number of hydrogen-bond donors (Lipinski definition) is 2. The van der Waals surface area contributed by atoms with Gasteiger partial charge in [-0.2, -0.15) is 5.26 Å². The topological polar surface area (TPSA) is 73.1 Å². The first kappa shape index (κ1) is 15.3. The second kappa shape index (κ2) is 6.67. The lowest BCUT2D eigenvalue weighted by atomic mass is 10.1. The third-order valence-corrected chi connectivity index (χ3v) is 3.66. The summed E-state index contributed by atoms with van der Waals surface area (Å²) in [5.74, 6) is -0.981. The van der Waals surface area contributed by atoms with Gasteiger partial charge >= 0.3 is 0 Å². The Bertz CT molecular complexity index is 964. The van der Waals surface area contributed by atoms with Crippen LogP contribution in [0.1, 0.15) is 5.56 Å². The van der Waals surface area contributed by atoms with Crippen molar-refractivity contribution < 1.29 is 9.90 Å². The van der Waals surface area contributed by atoms with Gasteiger partial charge in [-0.3, -0.25) is 4.79 Å². The molecule has 0 atom stereocenters. The highest BCUT2D eigenvalue weighted by atomic mass is 16.3. The van der Waals surface area contributed by atoms with E-state index in [-0.39, 0.29) is 11.3 Å². The Kier molecular flexibility index (Phi) is 4.26. The summed E-state index contributed by atoms with van der Waals surface area (Å²) < 4.78 is 0. The van der Waals surface area contributed by atoms with Crippen molar-refractivity contribution in [3.63, 3.8) is 0 Å². The average molecular weight is 314 g/mol. The van der Waals surface area contributed by atoms with Gasteiger partial charge in [-0.25, -0.2) is 0 Å². The number of anilines is 1. The van der Waals surface area contributed by atoms with Crippen LogP contribution in [-0.2, 0) is 4.79 Å². The second-order valence-corrected chi connectivity index (χ2v) is 5.18. The molecule has 4 heteroatoms. The number of benzene rings is 3. The Morgan fingerprint density at radius 3 is 2.33 bits per heavy atom. The molecule has 0 saturated carbocycles. The minimum atomic E-state index is -0.643. The number of carbonyl (C=O) groups excluding carboxylic acids is 1. The zero-order valence-corrected chi connectivity index (χ0v) is 12.7. The van der Waals surface area contributed by atoms with Crippen molar-refractivity contribution in [1.29, 1.82) is 5.26 Å². The molecule has 0 bridgehead atoms. The third-order valence-electron chi connectivity index (χ3n) is 3.66. The number of aliphatic hydroxyl groups excluding tert-OH is 1. The fourth-order valence-corrected chi connectivity index (χ4v) is 2.47. The molecule has 0 aliphatic rings. The lowest BCUT2D eigenvalue weighted by Gasteiger charge is -2.09. The number of rotatable bonds is 3. The van der Waals surface area contributed by atoms with E-state index in [4.69, 9.17) is 0 Å². The predicted octanol–water partition coefficient (Wildman–Crippen LogP) is 4.27. The Morgan fingerprint density at radius 2 is 1.58 bits per heavy atom. The highest BCUT2D eigenvalue weighted by molar-refractivity contribution is 6.13. The number of nitriles is 1. The Hall–Kier alpha value is -3.58. The molecule has 2 N–H and O–H groups in total. The van der Waals surface area contributed by atoms with Crippen LogP contribution in [0.2, 0.25) is 0 Å². The molecule has 1 amide bonds. The van der Waals surface area contributed by atoms with Crippen molar-refractivity contribution in [3.8, 4) is 6.07 Å². The van der Waals surface area contributed by atoms with Gasteiger partial charge in [-0.1, -0.05) is 66.7 Å². The molecule has 3 rings (SSSR count). The van der Waals surface area contributed by atoms with Gasteiger partial charge in [0, 0.05) is 16.6 Å². The maximum atomic E-state index is 12.5. The number of amides is 1. The highest BCUT2D eigenvalue weighted by Crippen LogP contribution is 2.24. The standard InChI is InChI=1S/C20H14N2O2/c21-13-17(19(23)15-8-2-1-3-9-15)20(24)22-18-12-6-10-14-7-4-5-11-16(14)18/h1-12,23H,(H,22,24)/b19-17-. The van der Waals surface area contributed by atoms with E-state index in [1.807, 2.05) is 36.4 Å². The maximum absolute atomic E-state index is 12.5. The molecule has 24 heavy (non-hydrogen) atoms. The molecule has 0 saturated heterocycles. The number of fused-ring (bicyclic) bond motifs is 1. The van der Waals surface area contributed by atoms with Gasteiger partial charge in [0.2, 0.25) is 0 Å². The van der Waals surface area contributed by atoms with E-state index in [0.29, 0.717) is 11.3 Å². The SMILES string of the molecule is N#C/C(C(=O)Nc1cccc2ccccc12)=C(/O)c1ccccc1. The van der Waals surface area contributed by atoms with Crippen molar-refractivity contribution >= 4 is 28.1 Å². The van der Waals surface area contributed by atoms with Gasteiger partial charge in [-0.05, 0) is 11.5 Å². The molecule has 0 heterocycles. The molecule has 0 aliphatic carbocycles. The third kappa shape index (κ3) is 2.96. The molecular formula is C20H14N2O2. The van der Waals surface area contributed by atoms with Gasteiger partial charge in [0.25, 0.3) is 5.91 Å². The van der Waals surface area contributed by atoms with E-state index in [2.05, 4.69) is 5.32 Å². The van der Waals surface area contributed by atoms with E-state index >= 15 is 0 Å². The molecule has 0 aliphatic heterocycles. The summed E-state index contributed by atoms with van der Waals surface area (Å²) in [4.78, 5) is 12.5. The number of nitrogens with one attached hydrogen (secondary N) is 1. The fraction of sp³-hybridized carbons (Fsp3) is 0. The van der Waals surface area contributed by atoms with Crippen LogP contribution >= 0.6 is 0 Å². The van der Waals surface area contributed by atoms with E-state index in [0.717, 1.165) is 10.8 Å². The minimum absolute atomic E-state index is 0.325. The van der Waals surface area contributed by atoms with E-state index in [1.165, 1.54) is 0 Å². The zero-order valence-electron chi connectivity index (χ0n) is 12.7. The second-order valence-electron chi connectivity index (χ2n) is 5.18. The molecule has 0 fully saturated rings. The average Bonchev–Trinajstić information content (AvgIpc) is 2.63. The molecular weight excluding hydrogens is 300 g/mol. The number of nitrogens with zero attached hydrogens (tertiary/aromatic N) is 1. The van der Waals surface area contributed by atoms with E-state index < -0.39 is 5.91 Å². The van der Waals surface area contributed by atoms with Crippen LogP contribution in [0.15, 0.2) is 78.4 Å². The first-order valence-corrected chi connectivity index (χ1v) is 7.38. The normalized spacial score (nSPS) is 11.5. The monoisotopic (exact) mass is 314 g/mol. The summed E-state index contributed by atoms with van der Waals surface area (Å²) in [5, 5.41) is 24.1. The quantitative estimate of drug-likeness (QED) is 0.431. The van der Waals surface area contributed by atoms with Crippen LogP contribution in [-0.4, -0.2) is 11.0 Å². The molecule has 0 aromatic heterocycles. The summed E-state index contributed by atoms with van der Waals surface area (Å²) in [6.45, 7) is 0. The van der Waals surface area contributed by atoms with Gasteiger partial charge in [0.1, 0.15) is 11.8 Å². The minimum Gasteiger partial charge on any atom is -0.506 e. The van der Waals surface area contributed by atoms with Crippen LogP contribution < -0.4 is 5.32 Å². The van der Waals surface area contributed by atoms with Crippen molar-refractivity contribution in [2.24, 2.45) is 0 Å². The Labute approximate surface area is 139 Å². The van der Waals surface area contributed by atoms with Crippen LogP contribution in [0.25, 0.3) is 16.5 Å². The number of aliphatic hydroxyl groups is 1. The molecule has 4 nitrogen and oxygen atoms in total. The number of hydrogen-bond acceptors (Lipinski definition) is 3. The van der Waals surface area contributed by atoms with Gasteiger partial charge in [0.05, 0.1) is 0 Å². The molecule has 116 valence electrons. The first-order chi connectivity index (χ1) is 11.7. The summed E-state index contributed by atoms with van der Waals surface area (Å²) in [6.07, 6.45) is 0. The van der Waals surface area contributed by atoms with Crippen molar-refractivity contribution in [1.82, 2.24) is 0 Å². The van der Waals surface area contributed by atoms with Gasteiger partial charge < -0.3 is 10.4 Å². The zero-order chi connectivity index (χ0) is 16.9. The lowest BCUT2D eigenvalue weighted by molar-refractivity contribution is -0.112. The lowest BCUT2D eigenvalue weighted by Crippen LogP contribution is -2.15. The van der Waals surface area contributed by atoms with Crippen molar-refractivity contribution in [2.75, 3.05) is 5.32 Å². The molecule has 3 aromatic carbocycles. The summed E-state index contributed by atoms with van der Waals surface area (Å²) in [5.41, 5.74) is 0.683. The van der Waals surface area contributed by atoms with Crippen molar-refractivity contribution in [3.05, 3.63) is 83.9 Å². The van der Waals surface area contributed by atoms with Crippen LogP contribution in [0.4, 0.5) is 5.69 Å². The summed E-state index contributed by atoms with van der Waals surface area (Å²) >= 11 is 0. The fourth-order valence-electron chi connectivity index (χ4n) is 2.47. The first-order valence-electron chi connectivity index (χ1n) is 7.38. The number of carbonyl (C=O) groups is 1. The molecule has 3 aromatic rings. The smallest absolute Gasteiger partial charge is 0.270 e. The van der Waals surface area contributed by atoms with Crippen LogP contribution in [0, 0.1) is 11.3 Å². The molecule has 0 radical (unpaired) electrons. The van der Waals surface area contributed by atoms with Crippen LogP contribution in [0.5, 0.6) is 0 Å². The Balaban J connectivity index is 1.97. The predicted molar refractivity (Wildman–Crippen MR) is 94.2 cm³/mol. The maximum Gasteiger partial charge on any atom is 0.270 e. The van der Waals surface area contributed by atoms with E-state index in [1.54, 1.807) is 42.5 Å². The molecule has 0 unspecified atom stereocenters. The summed E-state index contributed by atoms with van der Waals surface area (Å²) in [7, 11) is 0. The largest absolute Gasteiger partial charge is 0.506 e. The Morgan fingerprint density at radius 1 is 0.917 bits per heavy atom. The molecule has 0 spiro atoms. The van der Waals surface area contributed by atoms with Crippen molar-refractivity contribution in [2.45, 2.75) is 0 Å². The van der Waals surface area contributed by atoms with E-state index in [9.17, 15) is 15.2 Å². The van der Waals surface area contributed by atoms with Crippen LogP contribution in [0.3, 0.4) is 0 Å². The highest BCUT2D eigenvalue weighted by Gasteiger charge is 2.17. The summed E-state index contributed by atoms with van der Waals surface area (Å²) in [6, 6.07) is 23.4.